The quantitative estimate of drug-likeness (QED) is 0.385. The van der Waals surface area contributed by atoms with Crippen LogP contribution in [0.5, 0.6) is 0 Å². The molecule has 1 rings (SSSR count). The molecule has 0 bridgehead atoms. The molecule has 0 aromatic carbocycles. The van der Waals surface area contributed by atoms with E-state index in [9.17, 15) is 0 Å². The van der Waals surface area contributed by atoms with Gasteiger partial charge in [0.05, 0.1) is 0 Å². The van der Waals surface area contributed by atoms with Crippen molar-refractivity contribution in [2.45, 2.75) is 12.2 Å². The molecule has 1 aliphatic heterocycles. The minimum Gasteiger partial charge on any atom is -0.317 e. The highest BCUT2D eigenvalue weighted by molar-refractivity contribution is 6.11. The summed E-state index contributed by atoms with van der Waals surface area (Å²) < 4.78 is 0. The average molecular weight is 82.9 g/mol. The van der Waals surface area contributed by atoms with Gasteiger partial charge in [0.25, 0.3) is 0 Å². The molecule has 1 nitrogen and oxygen atoms in total. The van der Waals surface area contributed by atoms with Crippen molar-refractivity contribution in [1.29, 1.82) is 0 Å². The highest BCUT2D eigenvalue weighted by Gasteiger charge is 2.06. The molecular formula is C4H10BN. The van der Waals surface area contributed by atoms with Crippen LogP contribution in [0, 0.1) is 0 Å². The molecule has 0 spiro atoms. The second-order valence-electron chi connectivity index (χ2n) is 2.10. The lowest BCUT2D eigenvalue weighted by Crippen LogP contribution is -2.05. The highest BCUT2D eigenvalue weighted by Crippen LogP contribution is 2.06. The first-order valence-electron chi connectivity index (χ1n) is 2.60. The van der Waals surface area contributed by atoms with Crippen LogP contribution in [0.4, 0.5) is 0 Å². The summed E-state index contributed by atoms with van der Waals surface area (Å²) in [5.41, 5.74) is 0. The molecule has 1 aliphatic rings. The lowest BCUT2D eigenvalue weighted by Gasteiger charge is -1.90. The molecule has 0 aromatic heterocycles. The molecule has 0 amide bonds. The number of hydrogen-bond acceptors (Lipinski definition) is 1. The van der Waals surface area contributed by atoms with Crippen LogP contribution >= 0.6 is 0 Å². The third kappa shape index (κ3) is 0.746. The first kappa shape index (κ1) is 4.19. The molecule has 1 saturated heterocycles. The Morgan fingerprint density at radius 1 is 1.67 bits per heavy atom. The predicted octanol–water partition coefficient (Wildman–Crippen LogP) is -0.599. The highest BCUT2D eigenvalue weighted by atomic mass is 14.9. The van der Waals surface area contributed by atoms with E-state index in [0.717, 1.165) is 5.82 Å². The zero-order valence-electron chi connectivity index (χ0n) is 4.20. The van der Waals surface area contributed by atoms with Crippen molar-refractivity contribution < 1.29 is 0 Å². The van der Waals surface area contributed by atoms with E-state index in [4.69, 9.17) is 0 Å². The number of hydrogen-bond donors (Lipinski definition) is 1. The summed E-state index contributed by atoms with van der Waals surface area (Å²) >= 11 is 0. The van der Waals surface area contributed by atoms with E-state index in [2.05, 4.69) is 13.2 Å². The van der Waals surface area contributed by atoms with Crippen LogP contribution < -0.4 is 5.32 Å². The molecule has 0 aromatic rings. The van der Waals surface area contributed by atoms with E-state index in [1.807, 2.05) is 0 Å². The van der Waals surface area contributed by atoms with Gasteiger partial charge in [0.15, 0.2) is 0 Å². The van der Waals surface area contributed by atoms with Crippen LogP contribution in [-0.4, -0.2) is 20.9 Å². The molecule has 34 valence electrons. The molecule has 0 saturated carbocycles. The van der Waals surface area contributed by atoms with Gasteiger partial charge in [-0.15, -0.1) is 0 Å². The van der Waals surface area contributed by atoms with Crippen LogP contribution in [0.15, 0.2) is 0 Å². The minimum atomic E-state index is 0.935. The van der Waals surface area contributed by atoms with E-state index in [-0.39, 0.29) is 0 Å². The predicted molar refractivity (Wildman–Crippen MR) is 29.8 cm³/mol. The van der Waals surface area contributed by atoms with E-state index in [1.165, 1.54) is 19.5 Å². The Morgan fingerprint density at radius 2 is 2.50 bits per heavy atom. The van der Waals surface area contributed by atoms with Crippen LogP contribution in [-0.2, 0) is 0 Å². The molecule has 0 radical (unpaired) electrons. The summed E-state index contributed by atoms with van der Waals surface area (Å²) in [4.78, 5) is 0. The van der Waals surface area contributed by atoms with Crippen LogP contribution in [0.3, 0.4) is 0 Å². The van der Waals surface area contributed by atoms with Gasteiger partial charge in [0.2, 0.25) is 0 Å². The van der Waals surface area contributed by atoms with Gasteiger partial charge in [-0.3, -0.25) is 0 Å². The van der Waals surface area contributed by atoms with E-state index in [1.54, 1.807) is 0 Å². The molecule has 6 heavy (non-hydrogen) atoms. The third-order valence-corrected chi connectivity index (χ3v) is 1.31. The lowest BCUT2D eigenvalue weighted by atomic mass is 9.87. The van der Waals surface area contributed by atoms with Crippen LogP contribution in [0.2, 0.25) is 5.82 Å². The fourth-order valence-corrected chi connectivity index (χ4v) is 0.799. The largest absolute Gasteiger partial charge is 0.317 e. The third-order valence-electron chi connectivity index (χ3n) is 1.31. The Bertz CT molecular complexity index is 40.8. The maximum absolute atomic E-state index is 3.27. The van der Waals surface area contributed by atoms with Crippen molar-refractivity contribution in [2.24, 2.45) is 0 Å². The first-order valence-corrected chi connectivity index (χ1v) is 2.60. The summed E-state index contributed by atoms with van der Waals surface area (Å²) in [6.45, 7) is 2.47. The molecule has 0 aliphatic carbocycles. The molecule has 1 atom stereocenters. The van der Waals surface area contributed by atoms with Crippen molar-refractivity contribution in [3.05, 3.63) is 0 Å². The van der Waals surface area contributed by atoms with Gasteiger partial charge >= 0.3 is 0 Å². The first-order chi connectivity index (χ1) is 2.89. The number of rotatable bonds is 0. The lowest BCUT2D eigenvalue weighted by molar-refractivity contribution is 0.856. The van der Waals surface area contributed by atoms with Gasteiger partial charge in [-0.2, -0.15) is 0 Å². The SMILES string of the molecule is BC1CCNC1. The Hall–Kier alpha value is 0.0249. The molecular weight excluding hydrogens is 72.9 g/mol. The Balaban J connectivity index is 2.18. The van der Waals surface area contributed by atoms with Gasteiger partial charge in [0, 0.05) is 0 Å². The second kappa shape index (κ2) is 1.65. The van der Waals surface area contributed by atoms with Crippen molar-refractivity contribution in [1.82, 2.24) is 5.32 Å². The van der Waals surface area contributed by atoms with Crippen molar-refractivity contribution in [3.8, 4) is 0 Å². The smallest absolute Gasteiger partial charge is 0.107 e. The Labute approximate surface area is 39.5 Å². The van der Waals surface area contributed by atoms with Crippen molar-refractivity contribution >= 4 is 7.85 Å². The fourth-order valence-electron chi connectivity index (χ4n) is 0.799. The zero-order valence-corrected chi connectivity index (χ0v) is 4.20. The van der Waals surface area contributed by atoms with Gasteiger partial charge < -0.3 is 5.32 Å². The Morgan fingerprint density at radius 3 is 2.67 bits per heavy atom. The fraction of sp³-hybridized carbons (Fsp3) is 1.00. The van der Waals surface area contributed by atoms with Crippen molar-refractivity contribution in [3.63, 3.8) is 0 Å². The molecule has 1 N–H and O–H groups in total. The second-order valence-corrected chi connectivity index (χ2v) is 2.10. The average Bonchev–Trinajstić information content (AvgIpc) is 1.86. The standard InChI is InChI=1S/C4H10BN/c5-4-1-2-6-3-4/h4,6H,1-3,5H2. The normalized spacial score (nSPS) is 34.3. The van der Waals surface area contributed by atoms with Crippen molar-refractivity contribution in [2.75, 3.05) is 13.1 Å². The van der Waals surface area contributed by atoms with Gasteiger partial charge in [0.1, 0.15) is 7.85 Å². The molecule has 2 heteroatoms. The molecule has 1 unspecified atom stereocenters. The van der Waals surface area contributed by atoms with Gasteiger partial charge in [-0.1, -0.05) is 5.82 Å². The summed E-state index contributed by atoms with van der Waals surface area (Å²) in [6, 6.07) is 0. The monoisotopic (exact) mass is 83.1 g/mol. The number of nitrogens with one attached hydrogen (secondary N) is 1. The molecule has 1 heterocycles. The van der Waals surface area contributed by atoms with E-state index < -0.39 is 0 Å². The summed E-state index contributed by atoms with van der Waals surface area (Å²) in [5.74, 6) is 0.935. The topological polar surface area (TPSA) is 12.0 Å². The minimum absolute atomic E-state index is 0.935. The van der Waals surface area contributed by atoms with Gasteiger partial charge in [-0.05, 0) is 19.5 Å². The summed E-state index contributed by atoms with van der Waals surface area (Å²) in [7, 11) is 2.28. The van der Waals surface area contributed by atoms with Gasteiger partial charge in [-0.25, -0.2) is 0 Å². The molecule has 1 fully saturated rings. The summed E-state index contributed by atoms with van der Waals surface area (Å²) in [6.07, 6.45) is 1.38. The maximum atomic E-state index is 3.27. The summed E-state index contributed by atoms with van der Waals surface area (Å²) in [5, 5.41) is 3.27. The maximum Gasteiger partial charge on any atom is 0.107 e. The van der Waals surface area contributed by atoms with E-state index >= 15 is 0 Å². The van der Waals surface area contributed by atoms with Crippen LogP contribution in [0.25, 0.3) is 0 Å². The van der Waals surface area contributed by atoms with E-state index in [0.29, 0.717) is 0 Å². The zero-order chi connectivity index (χ0) is 4.41. The Kier molecular flexibility index (Phi) is 1.15. The van der Waals surface area contributed by atoms with Crippen LogP contribution in [0.1, 0.15) is 6.42 Å².